The number of fused-ring (bicyclic) bond motifs is 1. The molecule has 1 N–H and O–H groups in total. The molecule has 7 nitrogen and oxygen atoms in total. The minimum atomic E-state index is -0.0295. The first-order valence-electron chi connectivity index (χ1n) is 11.2. The van der Waals surface area contributed by atoms with Crippen LogP contribution in [0.4, 0.5) is 0 Å². The van der Waals surface area contributed by atoms with Gasteiger partial charge in [0, 0.05) is 42.8 Å². The van der Waals surface area contributed by atoms with Crippen LogP contribution in [0, 0.1) is 0 Å². The van der Waals surface area contributed by atoms with E-state index in [-0.39, 0.29) is 5.91 Å². The molecule has 0 aliphatic carbocycles. The fraction of sp³-hybridized carbons (Fsp3) is 0.259. The molecule has 0 saturated carbocycles. The zero-order chi connectivity index (χ0) is 23.9. The number of rotatable bonds is 10. The van der Waals surface area contributed by atoms with E-state index < -0.39 is 0 Å². The lowest BCUT2D eigenvalue weighted by Gasteiger charge is -2.15. The highest BCUT2D eigenvalue weighted by atomic mass is 16.5. The Bertz CT molecular complexity index is 1240. The smallest absolute Gasteiger partial charge is 0.220 e. The minimum absolute atomic E-state index is 0.0295. The molecule has 0 aliphatic heterocycles. The molecule has 3 aromatic carbocycles. The molecule has 7 heteroatoms. The molecule has 0 saturated heterocycles. The van der Waals surface area contributed by atoms with E-state index in [0.717, 1.165) is 28.1 Å². The number of aromatic nitrogens is 2. The Hall–Kier alpha value is -4.00. The second-order valence-electron chi connectivity index (χ2n) is 7.80. The van der Waals surface area contributed by atoms with Gasteiger partial charge in [-0.2, -0.15) is 0 Å². The molecule has 176 valence electrons. The van der Waals surface area contributed by atoms with Crippen LogP contribution in [-0.2, 0) is 17.6 Å². The number of carbonyl (C=O) groups is 1. The van der Waals surface area contributed by atoms with Crippen molar-refractivity contribution >= 4 is 16.9 Å². The van der Waals surface area contributed by atoms with E-state index in [1.54, 1.807) is 21.3 Å². The van der Waals surface area contributed by atoms with Gasteiger partial charge in [-0.05, 0) is 30.7 Å². The fourth-order valence-corrected chi connectivity index (χ4v) is 4.07. The number of ether oxygens (including phenoxy) is 3. The number of imidazole rings is 1. The summed E-state index contributed by atoms with van der Waals surface area (Å²) in [5.41, 5.74) is 3.87. The van der Waals surface area contributed by atoms with Gasteiger partial charge in [0.05, 0.1) is 32.4 Å². The first kappa shape index (κ1) is 23.2. The third-order valence-corrected chi connectivity index (χ3v) is 5.73. The quantitative estimate of drug-likeness (QED) is 0.382. The highest BCUT2D eigenvalue weighted by molar-refractivity contribution is 5.79. The van der Waals surface area contributed by atoms with E-state index in [4.69, 9.17) is 19.2 Å². The van der Waals surface area contributed by atoms with E-state index in [9.17, 15) is 4.79 Å². The highest BCUT2D eigenvalue weighted by Gasteiger charge is 2.15. The molecule has 0 spiro atoms. The Morgan fingerprint density at radius 2 is 1.56 bits per heavy atom. The van der Waals surface area contributed by atoms with Crippen LogP contribution in [0.1, 0.15) is 17.8 Å². The summed E-state index contributed by atoms with van der Waals surface area (Å²) in [5, 5.41) is 3.01. The second-order valence-corrected chi connectivity index (χ2v) is 7.80. The molecule has 1 amide bonds. The van der Waals surface area contributed by atoms with Gasteiger partial charge in [0.25, 0.3) is 0 Å². The number of hydrogen-bond acceptors (Lipinski definition) is 5. The predicted molar refractivity (Wildman–Crippen MR) is 132 cm³/mol. The van der Waals surface area contributed by atoms with Crippen LogP contribution >= 0.6 is 0 Å². The lowest BCUT2D eigenvalue weighted by atomic mass is 10.1. The van der Waals surface area contributed by atoms with E-state index in [1.165, 1.54) is 0 Å². The molecule has 1 heterocycles. The van der Waals surface area contributed by atoms with Gasteiger partial charge in [0.2, 0.25) is 5.91 Å². The number of aryl methyl sites for hydroxylation is 1. The second kappa shape index (κ2) is 10.7. The van der Waals surface area contributed by atoms with Gasteiger partial charge < -0.3 is 19.5 Å². The van der Waals surface area contributed by atoms with Crippen LogP contribution in [-0.4, -0.2) is 43.3 Å². The predicted octanol–water partition coefficient (Wildman–Crippen LogP) is 4.34. The molecule has 0 atom stereocenters. The Kier molecular flexibility index (Phi) is 7.32. The largest absolute Gasteiger partial charge is 0.496 e. The average Bonchev–Trinajstić information content (AvgIpc) is 3.26. The standard InChI is InChI=1S/C27H29N3O4/c1-32-20-17-24(33-2)21(25(18-20)34-3)15-16-28-27(31)14-13-26-29-22-11-7-8-12-23(22)30(26)19-9-5-4-6-10-19/h4-12,17-18H,13-16H2,1-3H3,(H,28,31). The molecule has 0 aliphatic rings. The molecule has 4 rings (SSSR count). The number of para-hydroxylation sites is 3. The maximum absolute atomic E-state index is 12.6. The van der Waals surface area contributed by atoms with Gasteiger partial charge in [-0.25, -0.2) is 4.98 Å². The van der Waals surface area contributed by atoms with Gasteiger partial charge in [0.15, 0.2) is 0 Å². The minimum Gasteiger partial charge on any atom is -0.496 e. The van der Waals surface area contributed by atoms with Crippen molar-refractivity contribution in [3.8, 4) is 22.9 Å². The van der Waals surface area contributed by atoms with E-state index >= 15 is 0 Å². The Morgan fingerprint density at radius 3 is 2.24 bits per heavy atom. The number of amides is 1. The molecule has 1 aromatic heterocycles. The summed E-state index contributed by atoms with van der Waals surface area (Å²) in [4.78, 5) is 17.4. The fourth-order valence-electron chi connectivity index (χ4n) is 4.07. The molecule has 0 fully saturated rings. The number of nitrogens with one attached hydrogen (secondary N) is 1. The third kappa shape index (κ3) is 4.98. The van der Waals surface area contributed by atoms with Crippen molar-refractivity contribution in [2.75, 3.05) is 27.9 Å². The molecule has 0 radical (unpaired) electrons. The van der Waals surface area contributed by atoms with Crippen molar-refractivity contribution < 1.29 is 19.0 Å². The highest BCUT2D eigenvalue weighted by Crippen LogP contribution is 2.34. The normalized spacial score (nSPS) is 10.8. The van der Waals surface area contributed by atoms with Gasteiger partial charge in [0.1, 0.15) is 23.1 Å². The summed E-state index contributed by atoms with van der Waals surface area (Å²) in [6.07, 6.45) is 1.45. The Balaban J connectivity index is 1.42. The summed E-state index contributed by atoms with van der Waals surface area (Å²) < 4.78 is 18.4. The average molecular weight is 460 g/mol. The van der Waals surface area contributed by atoms with Crippen LogP contribution < -0.4 is 19.5 Å². The Labute approximate surface area is 199 Å². The third-order valence-electron chi connectivity index (χ3n) is 5.73. The van der Waals surface area contributed by atoms with Crippen LogP contribution in [0.2, 0.25) is 0 Å². The van der Waals surface area contributed by atoms with Crippen molar-refractivity contribution in [2.45, 2.75) is 19.3 Å². The molecule has 0 unspecified atom stereocenters. The molecular weight excluding hydrogens is 430 g/mol. The zero-order valence-electron chi connectivity index (χ0n) is 19.7. The molecule has 0 bridgehead atoms. The maximum atomic E-state index is 12.6. The summed E-state index contributed by atoms with van der Waals surface area (Å²) in [7, 11) is 4.81. The van der Waals surface area contributed by atoms with Crippen molar-refractivity contribution in [3.05, 3.63) is 78.1 Å². The number of nitrogens with zero attached hydrogens (tertiary/aromatic N) is 2. The van der Waals surface area contributed by atoms with Crippen LogP contribution in [0.3, 0.4) is 0 Å². The maximum Gasteiger partial charge on any atom is 0.220 e. The Morgan fingerprint density at radius 1 is 0.882 bits per heavy atom. The first-order chi connectivity index (χ1) is 16.6. The van der Waals surface area contributed by atoms with Crippen molar-refractivity contribution in [1.29, 1.82) is 0 Å². The molecular formula is C27H29N3O4. The lowest BCUT2D eigenvalue weighted by Crippen LogP contribution is -2.26. The first-order valence-corrected chi connectivity index (χ1v) is 11.2. The summed E-state index contributed by atoms with van der Waals surface area (Å²) in [6.45, 7) is 0.465. The van der Waals surface area contributed by atoms with Gasteiger partial charge >= 0.3 is 0 Å². The van der Waals surface area contributed by atoms with E-state index in [1.807, 2.05) is 60.7 Å². The van der Waals surface area contributed by atoms with Crippen LogP contribution in [0.25, 0.3) is 16.7 Å². The summed E-state index contributed by atoms with van der Waals surface area (Å²) in [5.74, 6) is 2.83. The summed E-state index contributed by atoms with van der Waals surface area (Å²) in [6, 6.07) is 21.7. The van der Waals surface area contributed by atoms with E-state index in [2.05, 4.69) is 16.0 Å². The monoisotopic (exact) mass is 459 g/mol. The van der Waals surface area contributed by atoms with Gasteiger partial charge in [-0.1, -0.05) is 30.3 Å². The van der Waals surface area contributed by atoms with Crippen molar-refractivity contribution in [1.82, 2.24) is 14.9 Å². The van der Waals surface area contributed by atoms with Crippen molar-refractivity contribution in [2.24, 2.45) is 0 Å². The van der Waals surface area contributed by atoms with Crippen LogP contribution in [0.15, 0.2) is 66.7 Å². The lowest BCUT2D eigenvalue weighted by molar-refractivity contribution is -0.121. The van der Waals surface area contributed by atoms with Gasteiger partial charge in [-0.3, -0.25) is 9.36 Å². The SMILES string of the molecule is COc1cc(OC)c(CCNC(=O)CCc2nc3ccccc3n2-c2ccccc2)c(OC)c1. The zero-order valence-corrected chi connectivity index (χ0v) is 19.7. The number of benzene rings is 3. The van der Waals surface area contributed by atoms with E-state index in [0.29, 0.717) is 43.1 Å². The number of carbonyl (C=O) groups excluding carboxylic acids is 1. The summed E-state index contributed by atoms with van der Waals surface area (Å²) >= 11 is 0. The topological polar surface area (TPSA) is 74.6 Å². The van der Waals surface area contributed by atoms with Crippen LogP contribution in [0.5, 0.6) is 17.2 Å². The molecule has 34 heavy (non-hydrogen) atoms. The van der Waals surface area contributed by atoms with Gasteiger partial charge in [-0.15, -0.1) is 0 Å². The van der Waals surface area contributed by atoms with Crippen molar-refractivity contribution in [3.63, 3.8) is 0 Å². The number of methoxy groups -OCH3 is 3. The molecule has 4 aromatic rings. The number of hydrogen-bond donors (Lipinski definition) is 1.